The first-order chi connectivity index (χ1) is 5.90. The summed E-state index contributed by atoms with van der Waals surface area (Å²) in [4.78, 5) is 4.22. The zero-order valence-electron chi connectivity index (χ0n) is 6.70. The fourth-order valence-corrected chi connectivity index (χ4v) is 1.22. The molecule has 0 saturated carbocycles. The molecule has 0 amide bonds. The van der Waals surface area contributed by atoms with Crippen LogP contribution in [0.2, 0.25) is 0 Å². The lowest BCUT2D eigenvalue weighted by Crippen LogP contribution is -2.69. The van der Waals surface area contributed by atoms with Gasteiger partial charge in [0.1, 0.15) is 5.69 Å². The van der Waals surface area contributed by atoms with E-state index in [0.29, 0.717) is 0 Å². The van der Waals surface area contributed by atoms with Gasteiger partial charge in [0.05, 0.1) is 5.52 Å². The van der Waals surface area contributed by atoms with Gasteiger partial charge in [0.15, 0.2) is 0 Å². The number of fused-ring (bicyclic) bond motifs is 1. The van der Waals surface area contributed by atoms with Crippen LogP contribution in [0.15, 0.2) is 36.5 Å². The van der Waals surface area contributed by atoms with Crippen LogP contribution in [-0.4, -0.2) is 4.98 Å². The molecular weight excluding hydrogens is 148 g/mol. The summed E-state index contributed by atoms with van der Waals surface area (Å²) in [6.45, 7) is 0. The van der Waals surface area contributed by atoms with Crippen LogP contribution in [0.1, 0.15) is 0 Å². The van der Waals surface area contributed by atoms with Crippen LogP contribution < -0.4 is 5.32 Å². The van der Waals surface area contributed by atoms with E-state index in [-0.39, 0.29) is 0 Å². The topological polar surface area (TPSA) is 29.5 Å². The van der Waals surface area contributed by atoms with E-state index in [4.69, 9.17) is 0 Å². The smallest absolute Gasteiger partial charge is 0.104 e. The van der Waals surface area contributed by atoms with Crippen LogP contribution in [0, 0.1) is 7.05 Å². The Balaban J connectivity index is 2.67. The van der Waals surface area contributed by atoms with E-state index in [1.807, 2.05) is 23.5 Å². The predicted molar refractivity (Wildman–Crippen MR) is 48.7 cm³/mol. The van der Waals surface area contributed by atoms with Gasteiger partial charge in [0.25, 0.3) is 0 Å². The average Bonchev–Trinajstić information content (AvgIpc) is 2.17. The van der Waals surface area contributed by atoms with E-state index in [0.717, 1.165) is 16.6 Å². The molecule has 2 aromatic rings. The van der Waals surface area contributed by atoms with Gasteiger partial charge in [-0.2, -0.15) is 0 Å². The number of quaternary nitrogens is 1. The Morgan fingerprint density at radius 2 is 2.17 bits per heavy atom. The minimum absolute atomic E-state index is 1.03. The number of nitrogens with zero attached hydrogens (tertiary/aromatic N) is 1. The average molecular weight is 158 g/mol. The van der Waals surface area contributed by atoms with Gasteiger partial charge >= 0.3 is 0 Å². The molecule has 0 atom stereocenters. The summed E-state index contributed by atoms with van der Waals surface area (Å²) in [7, 11) is 3.72. The summed E-state index contributed by atoms with van der Waals surface area (Å²) >= 11 is 0. The van der Waals surface area contributed by atoms with Crippen molar-refractivity contribution in [2.45, 2.75) is 0 Å². The van der Waals surface area contributed by atoms with Crippen molar-refractivity contribution in [3.8, 4) is 0 Å². The quantitative estimate of drug-likeness (QED) is 0.490. The first-order valence-electron chi connectivity index (χ1n) is 3.87. The Bertz CT molecular complexity index is 396. The van der Waals surface area contributed by atoms with Gasteiger partial charge in [0, 0.05) is 17.6 Å². The highest BCUT2D eigenvalue weighted by atomic mass is 14.8. The Morgan fingerprint density at radius 1 is 1.25 bits per heavy atom. The third kappa shape index (κ3) is 1.17. The molecule has 0 radical (unpaired) electrons. The molecule has 0 bridgehead atoms. The number of nitrogens with two attached hydrogens (primary N) is 1. The Labute approximate surface area is 71.2 Å². The molecule has 0 unspecified atom stereocenters. The lowest BCUT2D eigenvalue weighted by Gasteiger charge is -2.00. The molecule has 1 aromatic carbocycles. The minimum atomic E-state index is 1.03. The van der Waals surface area contributed by atoms with E-state index >= 15 is 0 Å². The van der Waals surface area contributed by atoms with E-state index in [2.05, 4.69) is 24.2 Å². The van der Waals surface area contributed by atoms with Crippen LogP contribution in [0.5, 0.6) is 0 Å². The van der Waals surface area contributed by atoms with Crippen LogP contribution in [0.25, 0.3) is 10.9 Å². The van der Waals surface area contributed by atoms with Gasteiger partial charge in [-0.05, 0) is 18.2 Å². The number of pyridine rings is 1. The molecule has 2 N–H and O–H groups in total. The molecule has 0 aliphatic carbocycles. The van der Waals surface area contributed by atoms with Crippen LogP contribution >= 0.6 is 0 Å². The second-order valence-corrected chi connectivity index (χ2v) is 2.66. The van der Waals surface area contributed by atoms with Crippen molar-refractivity contribution in [3.63, 3.8) is 0 Å². The first kappa shape index (κ1) is 7.25. The highest BCUT2D eigenvalue weighted by Crippen LogP contribution is 2.13. The molecule has 0 aliphatic rings. The maximum atomic E-state index is 4.22. The number of benzene rings is 1. The number of aromatic nitrogens is 1. The fourth-order valence-electron chi connectivity index (χ4n) is 1.22. The molecule has 12 heavy (non-hydrogen) atoms. The van der Waals surface area contributed by atoms with Gasteiger partial charge in [-0.25, -0.2) is 0 Å². The Hall–Kier alpha value is -1.41. The molecular formula is C10H10N2. The van der Waals surface area contributed by atoms with E-state index < -0.39 is 0 Å². The summed E-state index contributed by atoms with van der Waals surface area (Å²) in [5, 5.41) is 3.00. The maximum absolute atomic E-state index is 4.22. The van der Waals surface area contributed by atoms with Gasteiger partial charge in [0.2, 0.25) is 0 Å². The molecule has 0 aliphatic heterocycles. The highest BCUT2D eigenvalue weighted by molar-refractivity contribution is 5.80. The second-order valence-electron chi connectivity index (χ2n) is 2.66. The summed E-state index contributed by atoms with van der Waals surface area (Å²) in [6, 6.07) is 10.1. The van der Waals surface area contributed by atoms with Crippen molar-refractivity contribution in [3.05, 3.63) is 43.6 Å². The van der Waals surface area contributed by atoms with E-state index in [1.54, 1.807) is 6.20 Å². The van der Waals surface area contributed by atoms with Crippen molar-refractivity contribution in [1.29, 1.82) is 0 Å². The van der Waals surface area contributed by atoms with Gasteiger partial charge < -0.3 is 5.32 Å². The van der Waals surface area contributed by atoms with Gasteiger partial charge in [-0.3, -0.25) is 4.98 Å². The standard InChI is InChI=1S/C10H10N2/c1-11-9-4-5-10-8(7-9)3-2-6-12-10/h2-7H,1,11H2. The van der Waals surface area contributed by atoms with Gasteiger partial charge in [-0.1, -0.05) is 6.07 Å². The molecule has 1 heterocycles. The lowest BCUT2D eigenvalue weighted by molar-refractivity contribution is -0.504. The predicted octanol–water partition coefficient (Wildman–Crippen LogP) is 1.22. The normalized spacial score (nSPS) is 10.4. The molecule has 2 nitrogen and oxygen atoms in total. The van der Waals surface area contributed by atoms with Crippen molar-refractivity contribution < 1.29 is 5.32 Å². The molecule has 60 valence electrons. The first-order valence-corrected chi connectivity index (χ1v) is 3.87. The molecule has 0 saturated heterocycles. The summed E-state index contributed by atoms with van der Waals surface area (Å²) in [5.41, 5.74) is 2.17. The van der Waals surface area contributed by atoms with Crippen molar-refractivity contribution in [1.82, 2.24) is 4.98 Å². The van der Waals surface area contributed by atoms with Gasteiger partial charge in [-0.15, -0.1) is 7.05 Å². The van der Waals surface area contributed by atoms with Crippen molar-refractivity contribution in [2.75, 3.05) is 0 Å². The van der Waals surface area contributed by atoms with Crippen molar-refractivity contribution >= 4 is 16.6 Å². The Kier molecular flexibility index (Phi) is 1.76. The molecule has 0 fully saturated rings. The molecule has 2 heteroatoms. The minimum Gasteiger partial charge on any atom is -0.446 e. The summed E-state index contributed by atoms with van der Waals surface area (Å²) < 4.78 is 0. The Morgan fingerprint density at radius 3 is 3.00 bits per heavy atom. The fraction of sp³-hybridized carbons (Fsp3) is 0. The summed E-state index contributed by atoms with van der Waals surface area (Å²) in [6.07, 6.45) is 1.80. The van der Waals surface area contributed by atoms with Crippen molar-refractivity contribution in [2.24, 2.45) is 0 Å². The lowest BCUT2D eigenvalue weighted by atomic mass is 10.2. The number of hydrogen-bond acceptors (Lipinski definition) is 1. The van der Waals surface area contributed by atoms with Crippen LogP contribution in [-0.2, 0) is 0 Å². The molecule has 0 spiro atoms. The largest absolute Gasteiger partial charge is 0.446 e. The number of rotatable bonds is 1. The monoisotopic (exact) mass is 158 g/mol. The maximum Gasteiger partial charge on any atom is 0.104 e. The highest BCUT2D eigenvalue weighted by Gasteiger charge is 1.94. The zero-order valence-corrected chi connectivity index (χ0v) is 6.70. The zero-order chi connectivity index (χ0) is 8.39. The molecule has 1 aromatic heterocycles. The van der Waals surface area contributed by atoms with Crippen LogP contribution in [0.4, 0.5) is 5.69 Å². The van der Waals surface area contributed by atoms with E-state index in [9.17, 15) is 0 Å². The molecule has 2 rings (SSSR count). The van der Waals surface area contributed by atoms with Crippen LogP contribution in [0.3, 0.4) is 0 Å². The third-order valence-corrected chi connectivity index (χ3v) is 1.86. The third-order valence-electron chi connectivity index (χ3n) is 1.86. The van der Waals surface area contributed by atoms with E-state index in [1.165, 1.54) is 0 Å². The second kappa shape index (κ2) is 2.91. The number of hydrogen-bond donors (Lipinski definition) is 1. The SMILES string of the molecule is [CH2-][NH2+]c1ccc2ncccc2c1. The summed E-state index contributed by atoms with van der Waals surface area (Å²) in [5.74, 6) is 0.